The molecule has 0 bridgehead atoms. The van der Waals surface area contributed by atoms with E-state index in [1.165, 1.54) is 22.9 Å². The molecular weight excluding hydrogens is 444 g/mol. The first kappa shape index (κ1) is 21.5. The maximum Gasteiger partial charge on any atom is 0.417 e. The van der Waals surface area contributed by atoms with Crippen molar-refractivity contribution in [1.82, 2.24) is 9.78 Å². The van der Waals surface area contributed by atoms with Crippen molar-refractivity contribution in [2.75, 3.05) is 11.9 Å². The number of alkyl halides is 6. The molecule has 164 valence electrons. The summed E-state index contributed by atoms with van der Waals surface area (Å²) < 4.78 is 81.8. The number of nitrogens with one attached hydrogen (secondary N) is 1. The smallest absolute Gasteiger partial charge is 0.370 e. The first-order valence-corrected chi connectivity index (χ1v) is 9.84. The highest BCUT2D eigenvalue weighted by molar-refractivity contribution is 6.32. The lowest BCUT2D eigenvalue weighted by Crippen LogP contribution is -2.10. The molecule has 0 atom stereocenters. The van der Waals surface area contributed by atoms with Gasteiger partial charge in [-0.05, 0) is 43.5 Å². The fourth-order valence-electron chi connectivity index (χ4n) is 3.68. The quantitative estimate of drug-likeness (QED) is 0.419. The van der Waals surface area contributed by atoms with Crippen LogP contribution in [0.15, 0.2) is 42.5 Å². The lowest BCUT2D eigenvalue weighted by atomic mass is 9.99. The first-order chi connectivity index (χ1) is 14.6. The predicted molar refractivity (Wildman–Crippen MR) is 105 cm³/mol. The Kier molecular flexibility index (Phi) is 5.41. The van der Waals surface area contributed by atoms with Crippen LogP contribution in [-0.2, 0) is 18.8 Å². The van der Waals surface area contributed by atoms with Gasteiger partial charge in [0.05, 0.1) is 27.5 Å². The minimum Gasteiger partial charge on any atom is -0.370 e. The summed E-state index contributed by atoms with van der Waals surface area (Å²) >= 11 is 6.19. The number of rotatable bonds is 2. The Labute approximate surface area is 178 Å². The molecule has 1 aliphatic rings. The van der Waals surface area contributed by atoms with Gasteiger partial charge in [0, 0.05) is 17.7 Å². The van der Waals surface area contributed by atoms with Crippen LogP contribution in [0.5, 0.6) is 0 Å². The van der Waals surface area contributed by atoms with Crippen LogP contribution >= 0.6 is 11.6 Å². The Bertz CT molecular complexity index is 1120. The van der Waals surface area contributed by atoms with Crippen molar-refractivity contribution < 1.29 is 26.3 Å². The van der Waals surface area contributed by atoms with Crippen LogP contribution in [0.4, 0.5) is 32.2 Å². The zero-order chi connectivity index (χ0) is 22.4. The van der Waals surface area contributed by atoms with E-state index < -0.39 is 23.5 Å². The van der Waals surface area contributed by atoms with E-state index >= 15 is 0 Å². The second kappa shape index (κ2) is 7.78. The van der Waals surface area contributed by atoms with Gasteiger partial charge in [-0.15, -0.1) is 0 Å². The highest BCUT2D eigenvalue weighted by Crippen LogP contribution is 2.42. The molecule has 31 heavy (non-hydrogen) atoms. The second-order valence-corrected chi connectivity index (χ2v) is 7.59. The Hall–Kier alpha value is -2.68. The average molecular weight is 460 g/mol. The Morgan fingerprint density at radius 2 is 1.68 bits per heavy atom. The average Bonchev–Trinajstić information content (AvgIpc) is 2.88. The van der Waals surface area contributed by atoms with Crippen LogP contribution < -0.4 is 5.32 Å². The monoisotopic (exact) mass is 459 g/mol. The molecule has 0 fully saturated rings. The molecule has 0 radical (unpaired) electrons. The van der Waals surface area contributed by atoms with Gasteiger partial charge in [0.2, 0.25) is 0 Å². The first-order valence-electron chi connectivity index (χ1n) is 9.47. The third-order valence-electron chi connectivity index (χ3n) is 5.12. The van der Waals surface area contributed by atoms with Crippen LogP contribution in [0.25, 0.3) is 16.9 Å². The molecule has 3 nitrogen and oxygen atoms in total. The van der Waals surface area contributed by atoms with Crippen molar-refractivity contribution in [3.63, 3.8) is 0 Å². The molecule has 1 aromatic heterocycles. The molecule has 1 N–H and O–H groups in total. The van der Waals surface area contributed by atoms with E-state index in [9.17, 15) is 26.3 Å². The highest BCUT2D eigenvalue weighted by atomic mass is 35.5. The fraction of sp³-hybridized carbons (Fsp3) is 0.286. The van der Waals surface area contributed by atoms with Gasteiger partial charge in [-0.3, -0.25) is 0 Å². The molecule has 3 aromatic rings. The fourth-order valence-corrected chi connectivity index (χ4v) is 3.88. The van der Waals surface area contributed by atoms with Crippen LogP contribution in [0, 0.1) is 0 Å². The van der Waals surface area contributed by atoms with Crippen LogP contribution in [0.3, 0.4) is 0 Å². The SMILES string of the molecule is FC(F)(F)c1ccc(Cl)c(-n2nc(-c3ccccc3C(F)(F)F)c3c2NCCCC3)c1. The molecule has 0 saturated heterocycles. The summed E-state index contributed by atoms with van der Waals surface area (Å²) in [5, 5.41) is 7.44. The zero-order valence-corrected chi connectivity index (χ0v) is 16.7. The van der Waals surface area contributed by atoms with Crippen molar-refractivity contribution >= 4 is 17.4 Å². The van der Waals surface area contributed by atoms with E-state index in [0.29, 0.717) is 30.8 Å². The Balaban J connectivity index is 1.98. The molecular formula is C21H16ClF6N3. The molecule has 0 unspecified atom stereocenters. The third-order valence-corrected chi connectivity index (χ3v) is 5.44. The van der Waals surface area contributed by atoms with E-state index in [1.54, 1.807) is 0 Å². The van der Waals surface area contributed by atoms with E-state index in [4.69, 9.17) is 11.6 Å². The molecule has 0 aliphatic carbocycles. The van der Waals surface area contributed by atoms with Crippen molar-refractivity contribution in [3.05, 3.63) is 64.2 Å². The Morgan fingerprint density at radius 1 is 0.935 bits per heavy atom. The van der Waals surface area contributed by atoms with Gasteiger partial charge in [0.25, 0.3) is 0 Å². The molecule has 0 spiro atoms. The van der Waals surface area contributed by atoms with Crippen LogP contribution in [0.2, 0.25) is 5.02 Å². The summed E-state index contributed by atoms with van der Waals surface area (Å²) in [5.41, 5.74) is -1.38. The molecule has 4 rings (SSSR count). The normalized spacial score (nSPS) is 14.7. The van der Waals surface area contributed by atoms with Gasteiger partial charge in [-0.25, -0.2) is 4.68 Å². The molecule has 2 aromatic carbocycles. The maximum atomic E-state index is 13.6. The topological polar surface area (TPSA) is 29.9 Å². The maximum absolute atomic E-state index is 13.6. The number of anilines is 1. The highest BCUT2D eigenvalue weighted by Gasteiger charge is 2.36. The lowest BCUT2D eigenvalue weighted by Gasteiger charge is -2.13. The Morgan fingerprint density at radius 3 is 2.39 bits per heavy atom. The number of fused-ring (bicyclic) bond motifs is 1. The summed E-state index contributed by atoms with van der Waals surface area (Å²) in [5.74, 6) is 0.353. The van der Waals surface area contributed by atoms with E-state index in [1.807, 2.05) is 0 Å². The largest absolute Gasteiger partial charge is 0.417 e. The van der Waals surface area contributed by atoms with Crippen molar-refractivity contribution in [3.8, 4) is 16.9 Å². The summed E-state index contributed by atoms with van der Waals surface area (Å²) in [7, 11) is 0. The van der Waals surface area contributed by atoms with Gasteiger partial charge >= 0.3 is 12.4 Å². The number of hydrogen-bond donors (Lipinski definition) is 1. The molecule has 10 heteroatoms. The minimum absolute atomic E-state index is 0.00000322. The second-order valence-electron chi connectivity index (χ2n) is 7.18. The van der Waals surface area contributed by atoms with Gasteiger partial charge in [0.15, 0.2) is 0 Å². The summed E-state index contributed by atoms with van der Waals surface area (Å²) in [6.45, 7) is 0.510. The van der Waals surface area contributed by atoms with Gasteiger partial charge in [-0.1, -0.05) is 29.8 Å². The van der Waals surface area contributed by atoms with Gasteiger partial charge in [-0.2, -0.15) is 31.4 Å². The molecule has 1 aliphatic heterocycles. The summed E-state index contributed by atoms with van der Waals surface area (Å²) in [4.78, 5) is 0. The van der Waals surface area contributed by atoms with Crippen LogP contribution in [0.1, 0.15) is 29.5 Å². The third kappa shape index (κ3) is 4.11. The van der Waals surface area contributed by atoms with Gasteiger partial charge < -0.3 is 5.32 Å². The summed E-state index contributed by atoms with van der Waals surface area (Å²) in [6, 6.07) is 7.83. The van der Waals surface area contributed by atoms with E-state index in [-0.39, 0.29) is 22.0 Å². The number of nitrogens with zero attached hydrogens (tertiary/aromatic N) is 2. The number of hydrogen-bond acceptors (Lipinski definition) is 2. The van der Waals surface area contributed by atoms with E-state index in [2.05, 4.69) is 10.4 Å². The predicted octanol–water partition coefficient (Wildman–Crippen LogP) is 6.98. The molecule has 0 saturated carbocycles. The standard InChI is InChI=1S/C21H16ClF6N3/c22-16-9-8-12(20(23,24)25)11-17(16)31-19-14(6-3-4-10-29-19)18(30-31)13-5-1-2-7-15(13)21(26,27)28/h1-2,5,7-9,11,29H,3-4,6,10H2. The van der Waals surface area contributed by atoms with Crippen molar-refractivity contribution in [1.29, 1.82) is 0 Å². The molecule has 2 heterocycles. The number of aromatic nitrogens is 2. The van der Waals surface area contributed by atoms with E-state index in [0.717, 1.165) is 30.7 Å². The van der Waals surface area contributed by atoms with Gasteiger partial charge in [0.1, 0.15) is 5.82 Å². The lowest BCUT2D eigenvalue weighted by molar-refractivity contribution is -0.138. The van der Waals surface area contributed by atoms with Crippen molar-refractivity contribution in [2.24, 2.45) is 0 Å². The minimum atomic E-state index is -4.61. The number of halogens is 7. The summed E-state index contributed by atoms with van der Waals surface area (Å²) in [6.07, 6.45) is -7.34. The van der Waals surface area contributed by atoms with Crippen LogP contribution in [-0.4, -0.2) is 16.3 Å². The van der Waals surface area contributed by atoms with Crippen molar-refractivity contribution in [2.45, 2.75) is 31.6 Å². The zero-order valence-electron chi connectivity index (χ0n) is 15.9. The number of benzene rings is 2. The molecule has 0 amide bonds.